The van der Waals surface area contributed by atoms with Crippen LogP contribution in [-0.2, 0) is 9.59 Å². The first-order valence-corrected chi connectivity index (χ1v) is 1.92. The Hall–Kier alpha value is -0.900. The number of nitrogens with zero attached hydrogens (tertiary/aromatic N) is 1. The van der Waals surface area contributed by atoms with Gasteiger partial charge in [-0.3, -0.25) is 14.8 Å². The summed E-state index contributed by atoms with van der Waals surface area (Å²) in [6.07, 6.45) is 0.142. The second-order valence-corrected chi connectivity index (χ2v) is 1.24. The molecule has 1 radical (unpaired) electrons. The average molecular weight is 116 g/mol. The Morgan fingerprint density at radius 1 is 1.88 bits per heavy atom. The van der Waals surface area contributed by atoms with Crippen LogP contribution in [0.4, 0.5) is 0 Å². The van der Waals surface area contributed by atoms with Gasteiger partial charge in [0.1, 0.15) is 6.54 Å². The van der Waals surface area contributed by atoms with Crippen LogP contribution in [0.2, 0.25) is 0 Å². The largest absolute Gasteiger partial charge is 0.298 e. The fourth-order valence-electron chi connectivity index (χ4n) is 0.218. The van der Waals surface area contributed by atoms with Gasteiger partial charge in [-0.15, -0.1) is 0 Å². The molecule has 1 N–H and O–H groups in total. The van der Waals surface area contributed by atoms with E-state index in [0.717, 1.165) is 0 Å². The van der Waals surface area contributed by atoms with Gasteiger partial charge in [0.15, 0.2) is 5.78 Å². The molecule has 0 bridgehead atoms. The van der Waals surface area contributed by atoms with Gasteiger partial charge in [0.2, 0.25) is 6.41 Å². The van der Waals surface area contributed by atoms with Gasteiger partial charge in [-0.05, 0) is 0 Å². The van der Waals surface area contributed by atoms with Crippen molar-refractivity contribution in [1.29, 1.82) is 0 Å². The van der Waals surface area contributed by atoms with Gasteiger partial charge in [-0.1, -0.05) is 0 Å². The molecule has 45 valence electrons. The van der Waals surface area contributed by atoms with Gasteiger partial charge in [-0.2, -0.15) is 0 Å². The van der Waals surface area contributed by atoms with Crippen LogP contribution in [0.25, 0.3) is 0 Å². The lowest BCUT2D eigenvalue weighted by atomic mass is 10.4. The van der Waals surface area contributed by atoms with Gasteiger partial charge >= 0.3 is 0 Å². The van der Waals surface area contributed by atoms with E-state index in [-0.39, 0.29) is 18.0 Å². The van der Waals surface area contributed by atoms with Crippen LogP contribution in [-0.4, -0.2) is 29.0 Å². The maximum absolute atomic E-state index is 9.94. The van der Waals surface area contributed by atoms with Crippen molar-refractivity contribution < 1.29 is 14.8 Å². The molecule has 0 spiro atoms. The lowest BCUT2D eigenvalue weighted by Gasteiger charge is -2.02. The second kappa shape index (κ2) is 3.15. The van der Waals surface area contributed by atoms with Crippen molar-refractivity contribution in [3.63, 3.8) is 0 Å². The number of ketones is 1. The minimum absolute atomic E-state index is 0.142. The Morgan fingerprint density at radius 2 is 2.38 bits per heavy atom. The summed E-state index contributed by atoms with van der Waals surface area (Å²) in [5.74, 6) is -0.500. The number of hydrogen-bond acceptors (Lipinski definition) is 3. The summed E-state index contributed by atoms with van der Waals surface area (Å²) in [6.45, 7) is 2.58. The molecule has 0 aliphatic carbocycles. The van der Waals surface area contributed by atoms with Crippen molar-refractivity contribution in [2.45, 2.75) is 0 Å². The van der Waals surface area contributed by atoms with E-state index >= 15 is 0 Å². The standard InChI is InChI=1S/C4H6NO3/c1-4(7)2-5(8)3-6/h3,8H,1-2H2. The number of Topliss-reactive ketones (excluding diaryl/α,β-unsaturated/α-hetero) is 1. The third-order valence-corrected chi connectivity index (χ3v) is 0.460. The molecule has 0 saturated heterocycles. The number of amides is 1. The lowest BCUT2D eigenvalue weighted by molar-refractivity contribution is -0.153. The van der Waals surface area contributed by atoms with Crippen molar-refractivity contribution in [3.05, 3.63) is 6.92 Å². The summed E-state index contributed by atoms with van der Waals surface area (Å²) in [5.41, 5.74) is 0. The third-order valence-electron chi connectivity index (χ3n) is 0.460. The van der Waals surface area contributed by atoms with Gasteiger partial charge < -0.3 is 0 Å². The van der Waals surface area contributed by atoms with Crippen LogP contribution in [0.15, 0.2) is 0 Å². The zero-order valence-electron chi connectivity index (χ0n) is 4.20. The number of hydroxylamine groups is 2. The summed E-state index contributed by atoms with van der Waals surface area (Å²) >= 11 is 0. The van der Waals surface area contributed by atoms with Crippen molar-refractivity contribution in [3.8, 4) is 0 Å². The van der Waals surface area contributed by atoms with Crippen LogP contribution in [0.1, 0.15) is 0 Å². The fraction of sp³-hybridized carbons (Fsp3) is 0.250. The van der Waals surface area contributed by atoms with Crippen LogP contribution in [0, 0.1) is 6.92 Å². The van der Waals surface area contributed by atoms with Crippen LogP contribution < -0.4 is 0 Å². The molecule has 4 heteroatoms. The molecule has 0 aliphatic rings. The summed E-state index contributed by atoms with van der Waals surface area (Å²) in [5, 5.41) is 8.46. The highest BCUT2D eigenvalue weighted by Crippen LogP contribution is 1.73. The van der Waals surface area contributed by atoms with E-state index in [1.807, 2.05) is 0 Å². The van der Waals surface area contributed by atoms with E-state index in [1.54, 1.807) is 0 Å². The van der Waals surface area contributed by atoms with Crippen LogP contribution >= 0.6 is 0 Å². The Balaban J connectivity index is 3.38. The first-order valence-electron chi connectivity index (χ1n) is 1.92. The first kappa shape index (κ1) is 7.10. The number of carbonyl (C=O) groups is 2. The molecular weight excluding hydrogens is 110 g/mol. The summed E-state index contributed by atoms with van der Waals surface area (Å²) in [4.78, 5) is 19.5. The van der Waals surface area contributed by atoms with Crippen molar-refractivity contribution >= 4 is 12.2 Å². The maximum atomic E-state index is 9.94. The molecule has 0 unspecified atom stereocenters. The minimum atomic E-state index is -0.500. The van der Waals surface area contributed by atoms with Crippen LogP contribution in [0.3, 0.4) is 0 Å². The molecule has 0 aromatic heterocycles. The lowest BCUT2D eigenvalue weighted by Crippen LogP contribution is -2.23. The molecule has 0 atom stereocenters. The quantitative estimate of drug-likeness (QED) is 0.299. The highest BCUT2D eigenvalue weighted by Gasteiger charge is 1.97. The first-order chi connectivity index (χ1) is 3.66. The second-order valence-electron chi connectivity index (χ2n) is 1.24. The number of hydrogen-bond donors (Lipinski definition) is 1. The molecule has 0 aliphatic heterocycles. The van der Waals surface area contributed by atoms with E-state index in [9.17, 15) is 9.59 Å². The molecule has 0 heterocycles. The highest BCUT2D eigenvalue weighted by atomic mass is 16.5. The van der Waals surface area contributed by atoms with Crippen LogP contribution in [0.5, 0.6) is 0 Å². The Bertz CT molecular complexity index is 101. The normalized spacial score (nSPS) is 8.25. The van der Waals surface area contributed by atoms with Crippen molar-refractivity contribution in [1.82, 2.24) is 5.06 Å². The van der Waals surface area contributed by atoms with Crippen molar-refractivity contribution in [2.24, 2.45) is 0 Å². The van der Waals surface area contributed by atoms with E-state index in [1.165, 1.54) is 0 Å². The van der Waals surface area contributed by atoms with Gasteiger partial charge in [0, 0.05) is 6.92 Å². The van der Waals surface area contributed by atoms with Gasteiger partial charge in [0.05, 0.1) is 0 Å². The third kappa shape index (κ3) is 3.30. The predicted octanol–water partition coefficient (Wildman–Crippen LogP) is -0.763. The number of carbonyl (C=O) groups excluding carboxylic acids is 2. The Labute approximate surface area is 46.7 Å². The Kier molecular flexibility index (Phi) is 2.79. The van der Waals surface area contributed by atoms with E-state index in [2.05, 4.69) is 6.92 Å². The number of rotatable bonds is 3. The minimum Gasteiger partial charge on any atom is -0.298 e. The summed E-state index contributed by atoms with van der Waals surface area (Å²) in [7, 11) is 0. The molecule has 1 amide bonds. The SMILES string of the molecule is [CH2]C(=O)CN(O)C=O. The van der Waals surface area contributed by atoms with E-state index in [0.29, 0.717) is 0 Å². The Morgan fingerprint density at radius 3 is 2.50 bits per heavy atom. The summed E-state index contributed by atoms with van der Waals surface area (Å²) < 4.78 is 0. The topological polar surface area (TPSA) is 57.6 Å². The fourth-order valence-corrected chi connectivity index (χ4v) is 0.218. The maximum Gasteiger partial charge on any atom is 0.233 e. The molecule has 8 heavy (non-hydrogen) atoms. The monoisotopic (exact) mass is 116 g/mol. The summed E-state index contributed by atoms with van der Waals surface area (Å²) in [6, 6.07) is 0. The molecule has 0 aromatic carbocycles. The predicted molar refractivity (Wildman–Crippen MR) is 24.9 cm³/mol. The highest BCUT2D eigenvalue weighted by molar-refractivity contribution is 5.85. The molecule has 0 saturated carbocycles. The molecule has 0 rings (SSSR count). The van der Waals surface area contributed by atoms with Gasteiger partial charge in [0.25, 0.3) is 0 Å². The van der Waals surface area contributed by atoms with Crippen molar-refractivity contribution in [2.75, 3.05) is 6.54 Å². The zero-order chi connectivity index (χ0) is 6.57. The van der Waals surface area contributed by atoms with E-state index < -0.39 is 5.78 Å². The molecular formula is C4H6NO3. The molecule has 4 nitrogen and oxygen atoms in total. The molecule has 0 fully saturated rings. The van der Waals surface area contributed by atoms with E-state index in [4.69, 9.17) is 5.21 Å². The van der Waals surface area contributed by atoms with Gasteiger partial charge in [-0.25, -0.2) is 5.06 Å². The zero-order valence-corrected chi connectivity index (χ0v) is 4.20. The smallest absolute Gasteiger partial charge is 0.233 e. The average Bonchev–Trinajstić information content (AvgIpc) is 1.65. The molecule has 0 aromatic rings.